The number of ether oxygens (including phenoxy) is 3. The van der Waals surface area contributed by atoms with Gasteiger partial charge in [-0.1, -0.05) is 0 Å². The van der Waals surface area contributed by atoms with Crippen molar-refractivity contribution in [1.29, 1.82) is 0 Å². The molecule has 0 rings (SSSR count). The Labute approximate surface area is 406 Å². The van der Waals surface area contributed by atoms with Gasteiger partial charge in [0.05, 0.1) is 26.4 Å². The number of rotatable bonds is 31. The lowest BCUT2D eigenvalue weighted by Gasteiger charge is -2.32. The number of aliphatic hydroxyl groups is 1. The predicted octanol–water partition coefficient (Wildman–Crippen LogP) is 7.53. The smallest absolute Gasteiger partial charge is 0.407 e. The summed E-state index contributed by atoms with van der Waals surface area (Å²) in [6.45, 7) is 35.4. The second kappa shape index (κ2) is 34.0. The van der Waals surface area contributed by atoms with Gasteiger partial charge in [-0.25, -0.2) is 24.2 Å². The van der Waals surface area contributed by atoms with Crippen LogP contribution in [0.15, 0.2) is 4.99 Å². The van der Waals surface area contributed by atoms with Crippen LogP contribution in [0.3, 0.4) is 0 Å². The maximum atomic E-state index is 11.8. The van der Waals surface area contributed by atoms with Crippen molar-refractivity contribution in [3.63, 3.8) is 0 Å². The Hall–Kier alpha value is -1.43. The van der Waals surface area contributed by atoms with Gasteiger partial charge in [-0.05, 0) is 130 Å². The molecule has 3 amide bonds. The van der Waals surface area contributed by atoms with Crippen LogP contribution in [-0.2, 0) is 53.2 Å². The Morgan fingerprint density at radius 2 is 0.742 bits per heavy atom. The third kappa shape index (κ3) is 42.7. The molecule has 392 valence electrons. The van der Waals surface area contributed by atoms with Gasteiger partial charge >= 0.3 is 52.5 Å². The molecule has 0 saturated carbocycles. The van der Waals surface area contributed by atoms with Crippen molar-refractivity contribution < 1.29 is 72.7 Å². The SMILES string of the molecule is CO[Si](C)(CCCO)O[Si](C)(C)C.CO[Si](C)(CCCOC(=O)NCCNC(=O)OCC[Si](C)(OC)O[Si](C)(C)C)O[Si](C)(C)C.CO[Si](C)(CCOC(=O)NCCN=C=O)O[Si](C)(C)C. The van der Waals surface area contributed by atoms with Gasteiger partial charge < -0.3 is 69.4 Å². The van der Waals surface area contributed by atoms with Crippen LogP contribution < -0.4 is 16.0 Å². The molecule has 0 radical (unpaired) electrons. The molecule has 0 aromatic carbocycles. The molecule has 4 unspecified atom stereocenters. The van der Waals surface area contributed by atoms with E-state index in [-0.39, 0.29) is 52.6 Å². The van der Waals surface area contributed by atoms with Crippen molar-refractivity contribution in [2.24, 2.45) is 4.99 Å². The van der Waals surface area contributed by atoms with Gasteiger partial charge in [0.2, 0.25) is 6.08 Å². The zero-order valence-corrected chi connectivity index (χ0v) is 52.4. The highest BCUT2D eigenvalue weighted by Gasteiger charge is 2.38. The molecule has 0 aliphatic carbocycles. The minimum Gasteiger partial charge on any atom is -0.450 e. The molecule has 4 atom stereocenters. The summed E-state index contributed by atoms with van der Waals surface area (Å²) in [5.74, 6) is 0. The summed E-state index contributed by atoms with van der Waals surface area (Å²) in [4.78, 5) is 48.1. The van der Waals surface area contributed by atoms with Gasteiger partial charge in [0, 0.05) is 66.8 Å². The summed E-state index contributed by atoms with van der Waals surface area (Å²) in [6.07, 6.45) is 1.24. The average Bonchev–Trinajstić information content (AvgIpc) is 3.17. The minimum atomic E-state index is -2.35. The fourth-order valence-electron chi connectivity index (χ4n) is 5.73. The average molecular weight is 1090 g/mol. The Bertz CT molecular complexity index is 1400. The molecule has 0 aliphatic rings. The molecule has 66 heavy (non-hydrogen) atoms. The van der Waals surface area contributed by atoms with E-state index in [4.69, 9.17) is 53.5 Å². The molecule has 0 aromatic rings. The second-order valence-electron chi connectivity index (χ2n) is 19.8. The van der Waals surface area contributed by atoms with E-state index in [9.17, 15) is 19.2 Å². The normalized spacial score (nSPS) is 15.5. The summed E-state index contributed by atoms with van der Waals surface area (Å²) in [5, 5.41) is 16.4. The van der Waals surface area contributed by atoms with Crippen LogP contribution >= 0.6 is 0 Å². The summed E-state index contributed by atoms with van der Waals surface area (Å²) >= 11 is 0. The van der Waals surface area contributed by atoms with Crippen LogP contribution in [0.1, 0.15) is 12.8 Å². The number of aliphatic imine (C=N–C) groups is 1. The molecule has 0 spiro atoms. The number of nitrogens with zero attached hydrogens (tertiary/aromatic N) is 1. The predicted molar refractivity (Wildman–Crippen MR) is 279 cm³/mol. The monoisotopic (exact) mass is 1080 g/mol. The number of carbonyl (C=O) groups excluding carboxylic acids is 4. The first-order valence-electron chi connectivity index (χ1n) is 22.5. The van der Waals surface area contributed by atoms with Gasteiger partial charge in [0.25, 0.3) is 0 Å². The molecule has 28 heteroatoms. The fraction of sp³-hybridized carbons (Fsp3) is 0.895. The minimum absolute atomic E-state index is 0.196. The first kappa shape index (κ1) is 68.8. The van der Waals surface area contributed by atoms with Crippen LogP contribution in [0.25, 0.3) is 0 Å². The largest absolute Gasteiger partial charge is 0.450 e. The van der Waals surface area contributed by atoms with Crippen molar-refractivity contribution in [3.8, 4) is 0 Å². The standard InChI is InChI=1S/C19H46N2O8Si4.C11H24N2O5Si2.C8H22O3Si2/c1-24-32(9,28-30(3,4)5)16-11-14-26-18(22)20-12-13-21-19(23)27-15-17-33(10,25-2)29-31(6,7)8;1-16-20(5,18-19(2,3)4)9-8-17-11(15)13-7-6-12-10-14;1-10-13(5,8-6-7-9)11-12(2,3)4/h11-17H2,1-10H3,(H,20,22)(H,21,23);6-9H2,1-5H3,(H,13,15);9H,6-8H2,1-5H3. The third-order valence-electron chi connectivity index (χ3n) is 8.41. The Kier molecular flexibility index (Phi) is 35.4. The maximum absolute atomic E-state index is 11.8. The number of isocyanates is 1. The number of hydrogen-bond acceptors (Lipinski definition) is 17. The van der Waals surface area contributed by atoms with Crippen molar-refractivity contribution in [1.82, 2.24) is 16.0 Å². The quantitative estimate of drug-likeness (QED) is 0.0173. The Morgan fingerprint density at radius 1 is 0.455 bits per heavy atom. The van der Waals surface area contributed by atoms with Gasteiger partial charge in [-0.15, -0.1) is 0 Å². The van der Waals surface area contributed by atoms with E-state index in [0.29, 0.717) is 18.5 Å². The molecule has 0 bridgehead atoms. The first-order valence-corrected chi connectivity index (χ1v) is 46.2. The fourth-order valence-corrected chi connectivity index (χ4v) is 32.8. The first-order chi connectivity index (χ1) is 30.1. The lowest BCUT2D eigenvalue weighted by molar-refractivity contribution is 0.141. The lowest BCUT2D eigenvalue weighted by Crippen LogP contribution is -2.47. The van der Waals surface area contributed by atoms with E-state index in [0.717, 1.165) is 18.5 Å². The van der Waals surface area contributed by atoms with E-state index in [1.165, 1.54) is 6.08 Å². The number of hydrogen-bond donors (Lipinski definition) is 4. The van der Waals surface area contributed by atoms with Crippen LogP contribution in [0.2, 0.25) is 129 Å². The third-order valence-corrected chi connectivity index (χ3v) is 33.3. The van der Waals surface area contributed by atoms with E-state index in [2.05, 4.69) is 106 Å². The Morgan fingerprint density at radius 3 is 1.03 bits per heavy atom. The van der Waals surface area contributed by atoms with Crippen molar-refractivity contribution in [3.05, 3.63) is 0 Å². The van der Waals surface area contributed by atoms with Crippen molar-refractivity contribution >= 4 is 91.9 Å². The molecule has 0 aliphatic heterocycles. The Balaban J connectivity index is -0.00000101. The van der Waals surface area contributed by atoms with Crippen LogP contribution in [0.5, 0.6) is 0 Å². The van der Waals surface area contributed by atoms with E-state index >= 15 is 0 Å². The van der Waals surface area contributed by atoms with Crippen molar-refractivity contribution in [2.45, 2.75) is 142 Å². The number of amides is 3. The summed E-state index contributed by atoms with van der Waals surface area (Å²) in [6, 6.07) is 2.76. The summed E-state index contributed by atoms with van der Waals surface area (Å²) in [5.41, 5.74) is 0. The summed E-state index contributed by atoms with van der Waals surface area (Å²) in [7, 11) is -8.82. The molecule has 0 saturated heterocycles. The molecule has 4 N–H and O–H groups in total. The molecule has 0 heterocycles. The maximum Gasteiger partial charge on any atom is 0.407 e. The van der Waals surface area contributed by atoms with E-state index in [1.54, 1.807) is 28.4 Å². The second-order valence-corrected chi connectivity index (χ2v) is 52.7. The molecule has 20 nitrogen and oxygen atoms in total. The number of aliphatic hydroxyl groups excluding tert-OH is 1. The van der Waals surface area contributed by atoms with Crippen molar-refractivity contribution in [2.75, 3.05) is 81.0 Å². The highest BCUT2D eigenvalue weighted by molar-refractivity contribution is 6.83. The number of nitrogens with one attached hydrogen (secondary N) is 3. The number of alkyl carbamates (subject to hydrolysis) is 3. The number of carbonyl (C=O) groups is 3. The molecule has 0 fully saturated rings. The highest BCUT2D eigenvalue weighted by atomic mass is 28.5. The highest BCUT2D eigenvalue weighted by Crippen LogP contribution is 2.23. The van der Waals surface area contributed by atoms with Gasteiger partial charge in [-0.2, -0.15) is 0 Å². The van der Waals surface area contributed by atoms with Gasteiger partial charge in [0.1, 0.15) is 0 Å². The van der Waals surface area contributed by atoms with Gasteiger partial charge in [-0.3, -0.25) is 0 Å². The lowest BCUT2D eigenvalue weighted by atomic mass is 10.5. The topological polar surface area (TPSA) is 238 Å². The van der Waals surface area contributed by atoms with Gasteiger partial charge in [0.15, 0.2) is 33.3 Å². The molecule has 0 aromatic heterocycles. The van der Waals surface area contributed by atoms with E-state index in [1.807, 2.05) is 19.6 Å². The summed E-state index contributed by atoms with van der Waals surface area (Å²) < 4.78 is 62.0. The van der Waals surface area contributed by atoms with Crippen LogP contribution in [-0.4, -0.2) is 178 Å². The van der Waals surface area contributed by atoms with E-state index < -0.39 is 85.8 Å². The van der Waals surface area contributed by atoms with Crippen LogP contribution in [0, 0.1) is 0 Å². The zero-order chi connectivity index (χ0) is 51.9. The molecular formula is C38H92N4O16Si8. The molecular weight excluding hydrogens is 993 g/mol. The van der Waals surface area contributed by atoms with Crippen LogP contribution in [0.4, 0.5) is 14.4 Å². The zero-order valence-electron chi connectivity index (χ0n) is 44.4.